The van der Waals surface area contributed by atoms with Crippen LogP contribution >= 0.6 is 0 Å². The highest BCUT2D eigenvalue weighted by molar-refractivity contribution is 5.69. The number of hydrogen-bond acceptors (Lipinski definition) is 4. The molecule has 2 unspecified atom stereocenters. The minimum atomic E-state index is -0.698. The molecule has 0 saturated carbocycles. The molecule has 108 valence electrons. The third-order valence-electron chi connectivity index (χ3n) is 5.02. The molecule has 3 aliphatic rings. The molecule has 5 heteroatoms. The highest BCUT2D eigenvalue weighted by Crippen LogP contribution is 2.31. The normalized spacial score (nSPS) is 34.3. The van der Waals surface area contributed by atoms with E-state index in [9.17, 15) is 4.79 Å². The van der Waals surface area contributed by atoms with Gasteiger partial charge in [-0.15, -0.1) is 0 Å². The fourth-order valence-corrected chi connectivity index (χ4v) is 4.15. The smallest absolute Gasteiger partial charge is 0.317 e. The van der Waals surface area contributed by atoms with Crippen molar-refractivity contribution in [2.75, 3.05) is 45.8 Å². The molecule has 0 aliphatic carbocycles. The standard InChI is InChI=1S/C14H25N3O2/c18-14(19)11-15-5-2-7-17(10-9-15)13-4-8-16-6-1-3-12(13)16/h12-13H,1-11H2,(H,18,19). The van der Waals surface area contributed by atoms with Gasteiger partial charge in [0.15, 0.2) is 0 Å². The number of rotatable bonds is 3. The van der Waals surface area contributed by atoms with Crippen molar-refractivity contribution in [3.63, 3.8) is 0 Å². The summed E-state index contributed by atoms with van der Waals surface area (Å²) in [6.45, 7) is 6.80. The molecule has 0 amide bonds. The van der Waals surface area contributed by atoms with Gasteiger partial charge in [-0.25, -0.2) is 0 Å². The first-order valence-electron chi connectivity index (χ1n) is 7.66. The quantitative estimate of drug-likeness (QED) is 0.798. The van der Waals surface area contributed by atoms with Crippen LogP contribution < -0.4 is 0 Å². The van der Waals surface area contributed by atoms with E-state index in [1.165, 1.54) is 32.4 Å². The molecule has 19 heavy (non-hydrogen) atoms. The van der Waals surface area contributed by atoms with Gasteiger partial charge in [-0.05, 0) is 38.8 Å². The third-order valence-corrected chi connectivity index (χ3v) is 5.02. The van der Waals surface area contributed by atoms with E-state index in [0.717, 1.165) is 44.7 Å². The van der Waals surface area contributed by atoms with Crippen LogP contribution in [0, 0.1) is 0 Å². The van der Waals surface area contributed by atoms with Crippen LogP contribution in [0.4, 0.5) is 0 Å². The molecule has 3 rings (SSSR count). The van der Waals surface area contributed by atoms with Gasteiger partial charge in [0.1, 0.15) is 0 Å². The molecular weight excluding hydrogens is 242 g/mol. The maximum Gasteiger partial charge on any atom is 0.317 e. The monoisotopic (exact) mass is 267 g/mol. The third kappa shape index (κ3) is 2.93. The predicted molar refractivity (Wildman–Crippen MR) is 73.3 cm³/mol. The topological polar surface area (TPSA) is 47.0 Å². The summed E-state index contributed by atoms with van der Waals surface area (Å²) >= 11 is 0. The van der Waals surface area contributed by atoms with E-state index in [4.69, 9.17) is 5.11 Å². The SMILES string of the molecule is O=C(O)CN1CCCN(C2CCN3CCCC23)CC1. The number of aliphatic carboxylic acids is 1. The summed E-state index contributed by atoms with van der Waals surface area (Å²) in [6, 6.07) is 1.51. The van der Waals surface area contributed by atoms with Gasteiger partial charge in [0.05, 0.1) is 6.54 Å². The lowest BCUT2D eigenvalue weighted by atomic mass is 10.0. The highest BCUT2D eigenvalue weighted by atomic mass is 16.4. The number of carboxylic acids is 1. The molecule has 3 aliphatic heterocycles. The Kier molecular flexibility index (Phi) is 4.05. The summed E-state index contributed by atoms with van der Waals surface area (Å²) in [4.78, 5) is 18.2. The van der Waals surface area contributed by atoms with Crippen LogP contribution in [0.1, 0.15) is 25.7 Å². The lowest BCUT2D eigenvalue weighted by Gasteiger charge is -2.31. The Hall–Kier alpha value is -0.650. The zero-order valence-electron chi connectivity index (χ0n) is 11.6. The van der Waals surface area contributed by atoms with E-state index in [2.05, 4.69) is 14.7 Å². The lowest BCUT2D eigenvalue weighted by molar-refractivity contribution is -0.138. The second kappa shape index (κ2) is 5.77. The van der Waals surface area contributed by atoms with Crippen molar-refractivity contribution in [3.8, 4) is 0 Å². The summed E-state index contributed by atoms with van der Waals surface area (Å²) < 4.78 is 0. The second-order valence-corrected chi connectivity index (χ2v) is 6.16. The molecular formula is C14H25N3O2. The van der Waals surface area contributed by atoms with E-state index in [1.54, 1.807) is 0 Å². The zero-order valence-corrected chi connectivity index (χ0v) is 11.6. The van der Waals surface area contributed by atoms with Crippen LogP contribution in [0.5, 0.6) is 0 Å². The Bertz CT molecular complexity index is 337. The molecule has 0 aromatic heterocycles. The Morgan fingerprint density at radius 2 is 1.63 bits per heavy atom. The van der Waals surface area contributed by atoms with Gasteiger partial charge >= 0.3 is 5.97 Å². The summed E-state index contributed by atoms with van der Waals surface area (Å²) in [5.41, 5.74) is 0. The molecule has 0 spiro atoms. The molecule has 0 bridgehead atoms. The second-order valence-electron chi connectivity index (χ2n) is 6.16. The number of carbonyl (C=O) groups is 1. The van der Waals surface area contributed by atoms with Gasteiger partial charge in [0.25, 0.3) is 0 Å². The first kappa shape index (κ1) is 13.3. The minimum Gasteiger partial charge on any atom is -0.480 e. The Morgan fingerprint density at radius 3 is 2.47 bits per heavy atom. The predicted octanol–water partition coefficient (Wildman–Crippen LogP) is 0.315. The van der Waals surface area contributed by atoms with Crippen LogP contribution in [0.2, 0.25) is 0 Å². The van der Waals surface area contributed by atoms with E-state index < -0.39 is 5.97 Å². The molecule has 1 N–H and O–H groups in total. The Balaban J connectivity index is 1.56. The van der Waals surface area contributed by atoms with E-state index in [0.29, 0.717) is 0 Å². The largest absolute Gasteiger partial charge is 0.480 e. The number of nitrogens with zero attached hydrogens (tertiary/aromatic N) is 3. The van der Waals surface area contributed by atoms with Crippen molar-refractivity contribution in [3.05, 3.63) is 0 Å². The van der Waals surface area contributed by atoms with Crippen LogP contribution in [0.15, 0.2) is 0 Å². The molecule has 3 fully saturated rings. The van der Waals surface area contributed by atoms with Crippen molar-refractivity contribution in [2.24, 2.45) is 0 Å². The van der Waals surface area contributed by atoms with Gasteiger partial charge < -0.3 is 5.11 Å². The number of carboxylic acid groups (broad SMARTS) is 1. The molecule has 0 aromatic rings. The van der Waals surface area contributed by atoms with Crippen molar-refractivity contribution in [1.82, 2.24) is 14.7 Å². The zero-order chi connectivity index (χ0) is 13.2. The average molecular weight is 267 g/mol. The van der Waals surface area contributed by atoms with Crippen LogP contribution in [0.3, 0.4) is 0 Å². The molecule has 3 heterocycles. The van der Waals surface area contributed by atoms with Crippen LogP contribution in [-0.2, 0) is 4.79 Å². The van der Waals surface area contributed by atoms with Gasteiger partial charge in [-0.1, -0.05) is 0 Å². The van der Waals surface area contributed by atoms with Crippen molar-refractivity contribution in [2.45, 2.75) is 37.8 Å². The molecule has 3 saturated heterocycles. The summed E-state index contributed by atoms with van der Waals surface area (Å²) in [5.74, 6) is -0.698. The maximum atomic E-state index is 10.8. The van der Waals surface area contributed by atoms with E-state index in [-0.39, 0.29) is 6.54 Å². The van der Waals surface area contributed by atoms with E-state index in [1.807, 2.05) is 0 Å². The fraction of sp³-hybridized carbons (Fsp3) is 0.929. The van der Waals surface area contributed by atoms with Gasteiger partial charge in [-0.3, -0.25) is 19.5 Å². The average Bonchev–Trinajstić information content (AvgIpc) is 2.89. The minimum absolute atomic E-state index is 0.202. The first-order valence-corrected chi connectivity index (χ1v) is 7.66. The summed E-state index contributed by atoms with van der Waals surface area (Å²) in [5, 5.41) is 8.90. The maximum absolute atomic E-state index is 10.8. The number of fused-ring (bicyclic) bond motifs is 1. The lowest BCUT2D eigenvalue weighted by Crippen LogP contribution is -2.44. The van der Waals surface area contributed by atoms with Gasteiger partial charge in [0.2, 0.25) is 0 Å². The summed E-state index contributed by atoms with van der Waals surface area (Å²) in [7, 11) is 0. The molecule has 0 aromatic carbocycles. The first-order chi connectivity index (χ1) is 9.24. The summed E-state index contributed by atoms with van der Waals surface area (Å²) in [6.07, 6.45) is 5.14. The van der Waals surface area contributed by atoms with Crippen LogP contribution in [0.25, 0.3) is 0 Å². The van der Waals surface area contributed by atoms with E-state index >= 15 is 0 Å². The molecule has 5 nitrogen and oxygen atoms in total. The fourth-order valence-electron chi connectivity index (χ4n) is 4.15. The molecule has 2 atom stereocenters. The van der Waals surface area contributed by atoms with Gasteiger partial charge in [0, 0.05) is 38.3 Å². The van der Waals surface area contributed by atoms with Crippen molar-refractivity contribution < 1.29 is 9.90 Å². The number of hydrogen-bond donors (Lipinski definition) is 1. The van der Waals surface area contributed by atoms with Crippen molar-refractivity contribution in [1.29, 1.82) is 0 Å². The Labute approximate surface area is 115 Å². The molecule has 0 radical (unpaired) electrons. The Morgan fingerprint density at radius 1 is 0.895 bits per heavy atom. The van der Waals surface area contributed by atoms with Gasteiger partial charge in [-0.2, -0.15) is 0 Å². The van der Waals surface area contributed by atoms with Crippen LogP contribution in [-0.4, -0.2) is 83.7 Å². The highest BCUT2D eigenvalue weighted by Gasteiger charge is 2.40. The van der Waals surface area contributed by atoms with Crippen molar-refractivity contribution >= 4 is 5.97 Å².